The predicted octanol–water partition coefficient (Wildman–Crippen LogP) is 7.63. The van der Waals surface area contributed by atoms with E-state index in [4.69, 9.17) is 14.2 Å². The van der Waals surface area contributed by atoms with E-state index in [0.29, 0.717) is 0 Å². The van der Waals surface area contributed by atoms with Gasteiger partial charge in [-0.15, -0.1) is 0 Å². The van der Waals surface area contributed by atoms with Gasteiger partial charge in [0.05, 0.1) is 25.2 Å². The van der Waals surface area contributed by atoms with Crippen LogP contribution < -0.4 is 0 Å². The van der Waals surface area contributed by atoms with Crippen molar-refractivity contribution in [2.45, 2.75) is 91.1 Å². The van der Waals surface area contributed by atoms with Gasteiger partial charge >= 0.3 is 11.9 Å². The first-order chi connectivity index (χ1) is 16.2. The molecule has 1 unspecified atom stereocenters. The lowest BCUT2D eigenvalue weighted by molar-refractivity contribution is -0.154. The van der Waals surface area contributed by atoms with Gasteiger partial charge in [-0.05, 0) is 37.5 Å². The molecule has 0 aliphatic rings. The first kappa shape index (κ1) is 30.2. The van der Waals surface area contributed by atoms with Crippen LogP contribution in [0.5, 0.6) is 0 Å². The molecule has 0 heterocycles. The van der Waals surface area contributed by atoms with Crippen LogP contribution in [0, 0.1) is 0 Å². The molecule has 0 spiro atoms. The molecule has 0 aromatic rings. The van der Waals surface area contributed by atoms with Crippen LogP contribution in [0.1, 0.15) is 85.0 Å². The van der Waals surface area contributed by atoms with Crippen molar-refractivity contribution in [2.24, 2.45) is 0 Å². The molecule has 0 aromatic heterocycles. The van der Waals surface area contributed by atoms with Crippen molar-refractivity contribution < 1.29 is 23.8 Å². The normalized spacial score (nSPS) is 13.3. The monoisotopic (exact) mass is 458 g/mol. The lowest BCUT2D eigenvalue weighted by atomic mass is 10.2. The highest BCUT2D eigenvalue weighted by Gasteiger charge is 2.24. The molecule has 0 saturated carbocycles. The molecule has 0 amide bonds. The van der Waals surface area contributed by atoms with Crippen LogP contribution in [-0.4, -0.2) is 18.0 Å². The summed E-state index contributed by atoms with van der Waals surface area (Å²) in [6, 6.07) is 0. The van der Waals surface area contributed by atoms with Crippen LogP contribution in [-0.2, 0) is 23.8 Å². The minimum atomic E-state index is -1.10. The van der Waals surface area contributed by atoms with E-state index in [-0.39, 0.29) is 6.42 Å². The Labute approximate surface area is 200 Å². The first-order valence-electron chi connectivity index (χ1n) is 12.2. The van der Waals surface area contributed by atoms with Gasteiger partial charge < -0.3 is 14.2 Å². The summed E-state index contributed by atoms with van der Waals surface area (Å²) in [7, 11) is 0. The average Bonchev–Trinajstić information content (AvgIpc) is 2.81. The third kappa shape index (κ3) is 20.8. The standard InChI is InChI=1S/C28H42O5/c1-4-7-10-13-16-19-22-31-26(28(30)33-24-21-18-15-12-9-6-3)25-27(29)32-23-20-17-14-11-8-5-2/h13-24,26H,4-12,25H2,1-3H3. The number of esters is 2. The number of ether oxygens (including phenoxy) is 3. The van der Waals surface area contributed by atoms with Crippen LogP contribution in [0.15, 0.2) is 73.5 Å². The summed E-state index contributed by atoms with van der Waals surface area (Å²) in [5.74, 6) is -1.24. The van der Waals surface area contributed by atoms with Crippen molar-refractivity contribution in [1.82, 2.24) is 0 Å². The summed E-state index contributed by atoms with van der Waals surface area (Å²) in [5, 5.41) is 0. The minimum Gasteiger partial charge on any atom is -0.486 e. The van der Waals surface area contributed by atoms with E-state index >= 15 is 0 Å². The lowest BCUT2D eigenvalue weighted by Gasteiger charge is -2.12. The van der Waals surface area contributed by atoms with Gasteiger partial charge in [-0.1, -0.05) is 95.8 Å². The maximum atomic E-state index is 12.4. The molecule has 184 valence electrons. The molecular formula is C28H42O5. The Hall–Kier alpha value is -2.82. The second kappa shape index (κ2) is 23.8. The quantitative estimate of drug-likeness (QED) is 0.0862. The molecule has 0 fully saturated rings. The van der Waals surface area contributed by atoms with Crippen LogP contribution in [0.3, 0.4) is 0 Å². The summed E-state index contributed by atoms with van der Waals surface area (Å²) in [6.07, 6.45) is 28.9. The molecule has 0 radical (unpaired) electrons. The van der Waals surface area contributed by atoms with Gasteiger partial charge in [-0.3, -0.25) is 4.79 Å². The molecule has 5 heteroatoms. The van der Waals surface area contributed by atoms with Crippen LogP contribution in [0.4, 0.5) is 0 Å². The number of unbranched alkanes of at least 4 members (excludes halogenated alkanes) is 6. The van der Waals surface area contributed by atoms with E-state index in [9.17, 15) is 9.59 Å². The molecular weight excluding hydrogens is 416 g/mol. The highest BCUT2D eigenvalue weighted by Crippen LogP contribution is 2.06. The number of rotatable bonds is 19. The van der Waals surface area contributed by atoms with E-state index in [1.165, 1.54) is 18.8 Å². The average molecular weight is 459 g/mol. The fourth-order valence-electron chi connectivity index (χ4n) is 2.45. The Morgan fingerprint density at radius 3 is 1.58 bits per heavy atom. The van der Waals surface area contributed by atoms with E-state index < -0.39 is 18.0 Å². The van der Waals surface area contributed by atoms with Gasteiger partial charge in [-0.25, -0.2) is 4.79 Å². The fraction of sp³-hybridized carbons (Fsp3) is 0.500. The Morgan fingerprint density at radius 1 is 0.636 bits per heavy atom. The Balaban J connectivity index is 4.74. The maximum absolute atomic E-state index is 12.4. The Morgan fingerprint density at radius 2 is 1.09 bits per heavy atom. The van der Waals surface area contributed by atoms with Gasteiger partial charge in [0.25, 0.3) is 0 Å². The SMILES string of the molecule is CCCCC=CC=COC(=O)CC(OC=CC=CCCCC)C(=O)OC=CC=CCCCC. The van der Waals surface area contributed by atoms with Gasteiger partial charge in [-0.2, -0.15) is 0 Å². The highest BCUT2D eigenvalue weighted by atomic mass is 16.6. The zero-order valence-electron chi connectivity index (χ0n) is 20.6. The molecule has 1 atom stereocenters. The number of allylic oxidation sites excluding steroid dienone is 9. The van der Waals surface area contributed by atoms with Crippen molar-refractivity contribution in [3.8, 4) is 0 Å². The van der Waals surface area contributed by atoms with Crippen molar-refractivity contribution in [3.05, 3.63) is 73.5 Å². The van der Waals surface area contributed by atoms with Crippen molar-refractivity contribution in [1.29, 1.82) is 0 Å². The van der Waals surface area contributed by atoms with Crippen molar-refractivity contribution in [2.75, 3.05) is 0 Å². The van der Waals surface area contributed by atoms with Gasteiger partial charge in [0.2, 0.25) is 6.10 Å². The summed E-state index contributed by atoms with van der Waals surface area (Å²) in [6.45, 7) is 6.40. The van der Waals surface area contributed by atoms with E-state index in [2.05, 4.69) is 20.8 Å². The van der Waals surface area contributed by atoms with Crippen LogP contribution in [0.25, 0.3) is 0 Å². The number of hydrogen-bond acceptors (Lipinski definition) is 5. The van der Waals surface area contributed by atoms with Crippen molar-refractivity contribution in [3.63, 3.8) is 0 Å². The minimum absolute atomic E-state index is 0.257. The zero-order chi connectivity index (χ0) is 24.4. The molecule has 33 heavy (non-hydrogen) atoms. The molecule has 0 bridgehead atoms. The number of carbonyl (C=O) groups excluding carboxylic acids is 2. The Kier molecular flexibility index (Phi) is 21.8. The predicted molar refractivity (Wildman–Crippen MR) is 135 cm³/mol. The summed E-state index contributed by atoms with van der Waals surface area (Å²) < 4.78 is 15.6. The first-order valence-corrected chi connectivity index (χ1v) is 12.2. The molecule has 0 aliphatic carbocycles. The Bertz CT molecular complexity index is 668. The van der Waals surface area contributed by atoms with Crippen LogP contribution in [0.2, 0.25) is 0 Å². The van der Waals surface area contributed by atoms with Crippen molar-refractivity contribution >= 4 is 11.9 Å². The summed E-state index contributed by atoms with van der Waals surface area (Å²) in [5.41, 5.74) is 0. The zero-order valence-corrected chi connectivity index (χ0v) is 20.6. The lowest BCUT2D eigenvalue weighted by Crippen LogP contribution is -2.27. The summed E-state index contributed by atoms with van der Waals surface area (Å²) in [4.78, 5) is 24.5. The largest absolute Gasteiger partial charge is 0.486 e. The van der Waals surface area contributed by atoms with Gasteiger partial charge in [0.1, 0.15) is 0 Å². The summed E-state index contributed by atoms with van der Waals surface area (Å²) >= 11 is 0. The molecule has 0 saturated heterocycles. The molecule has 0 aliphatic heterocycles. The van der Waals surface area contributed by atoms with Crippen LogP contribution >= 0.6 is 0 Å². The molecule has 0 aromatic carbocycles. The molecule has 5 nitrogen and oxygen atoms in total. The third-order valence-electron chi connectivity index (χ3n) is 4.39. The van der Waals surface area contributed by atoms with E-state index in [1.54, 1.807) is 18.2 Å². The van der Waals surface area contributed by atoms with Gasteiger partial charge in [0, 0.05) is 0 Å². The topological polar surface area (TPSA) is 61.8 Å². The maximum Gasteiger partial charge on any atom is 0.352 e. The van der Waals surface area contributed by atoms with Gasteiger partial charge in [0.15, 0.2) is 0 Å². The van der Waals surface area contributed by atoms with E-state index in [1.807, 2.05) is 36.5 Å². The van der Waals surface area contributed by atoms with E-state index in [0.717, 1.165) is 57.8 Å². The number of hydrogen-bond donors (Lipinski definition) is 0. The second-order valence-electron chi connectivity index (χ2n) is 7.45. The molecule has 0 rings (SSSR count). The fourth-order valence-corrected chi connectivity index (χ4v) is 2.45. The number of carbonyl (C=O) groups is 2. The second-order valence-corrected chi connectivity index (χ2v) is 7.45. The third-order valence-corrected chi connectivity index (χ3v) is 4.39. The molecule has 0 N–H and O–H groups in total. The highest BCUT2D eigenvalue weighted by molar-refractivity contribution is 5.82. The smallest absolute Gasteiger partial charge is 0.352 e.